The van der Waals surface area contributed by atoms with Crippen molar-refractivity contribution in [3.8, 4) is 0 Å². The zero-order valence-corrected chi connectivity index (χ0v) is 8.43. The average molecular weight is 219 g/mol. The first-order valence-corrected chi connectivity index (χ1v) is 4.39. The lowest BCUT2D eigenvalue weighted by Crippen LogP contribution is -2.26. The molecule has 3 nitrogen and oxygen atoms in total. The first-order chi connectivity index (χ1) is 6.02. The van der Waals surface area contributed by atoms with Crippen LogP contribution in [0.1, 0.15) is 17.3 Å². The van der Waals surface area contributed by atoms with Crippen molar-refractivity contribution in [2.75, 3.05) is 0 Å². The normalized spacial score (nSPS) is 12.6. The maximum absolute atomic E-state index is 11.4. The number of carbonyl (C=O) groups excluding carboxylic acids is 1. The number of hydrogen-bond donors (Lipinski definition) is 1. The summed E-state index contributed by atoms with van der Waals surface area (Å²) in [4.78, 5) is 15.1. The third-order valence-electron chi connectivity index (χ3n) is 1.50. The lowest BCUT2D eigenvalue weighted by Gasteiger charge is -2.05. The van der Waals surface area contributed by atoms with Crippen LogP contribution in [0.4, 0.5) is 0 Å². The van der Waals surface area contributed by atoms with Crippen LogP contribution < -0.4 is 5.73 Å². The van der Waals surface area contributed by atoms with Crippen LogP contribution in [0.25, 0.3) is 0 Å². The van der Waals surface area contributed by atoms with Crippen LogP contribution in [-0.4, -0.2) is 16.8 Å². The molecule has 0 radical (unpaired) electrons. The molecule has 1 aromatic rings. The van der Waals surface area contributed by atoms with E-state index in [-0.39, 0.29) is 16.0 Å². The number of hydrogen-bond acceptors (Lipinski definition) is 3. The van der Waals surface area contributed by atoms with Gasteiger partial charge in [-0.25, -0.2) is 4.98 Å². The lowest BCUT2D eigenvalue weighted by atomic mass is 10.1. The smallest absolute Gasteiger partial charge is 0.180 e. The van der Waals surface area contributed by atoms with Gasteiger partial charge in [-0.15, -0.1) is 0 Å². The minimum Gasteiger partial charge on any atom is -0.321 e. The molecule has 0 saturated heterocycles. The molecule has 1 atom stereocenters. The number of rotatable bonds is 2. The number of carbonyl (C=O) groups is 1. The van der Waals surface area contributed by atoms with Crippen LogP contribution in [0.5, 0.6) is 0 Å². The average Bonchev–Trinajstić information content (AvgIpc) is 2.08. The predicted octanol–water partition coefficient (Wildman–Crippen LogP) is 1.92. The summed E-state index contributed by atoms with van der Waals surface area (Å²) >= 11 is 11.3. The fourth-order valence-electron chi connectivity index (χ4n) is 0.847. The van der Waals surface area contributed by atoms with Crippen molar-refractivity contribution in [3.63, 3.8) is 0 Å². The molecule has 0 spiro atoms. The molecular weight excluding hydrogens is 211 g/mol. The van der Waals surface area contributed by atoms with Crippen LogP contribution in [0.15, 0.2) is 12.3 Å². The Morgan fingerprint density at radius 1 is 1.62 bits per heavy atom. The molecule has 1 rings (SSSR count). The van der Waals surface area contributed by atoms with E-state index in [0.29, 0.717) is 5.56 Å². The summed E-state index contributed by atoms with van der Waals surface area (Å²) in [5.41, 5.74) is 5.73. The molecule has 5 heteroatoms. The van der Waals surface area contributed by atoms with Gasteiger partial charge in [0.05, 0.1) is 11.1 Å². The topological polar surface area (TPSA) is 56.0 Å². The maximum Gasteiger partial charge on any atom is 0.180 e. The van der Waals surface area contributed by atoms with Gasteiger partial charge >= 0.3 is 0 Å². The van der Waals surface area contributed by atoms with Crippen molar-refractivity contribution in [1.29, 1.82) is 0 Å². The fraction of sp³-hybridized carbons (Fsp3) is 0.250. The molecule has 0 aliphatic heterocycles. The first kappa shape index (κ1) is 10.4. The molecule has 0 aliphatic carbocycles. The molecule has 1 unspecified atom stereocenters. The summed E-state index contributed by atoms with van der Waals surface area (Å²) < 4.78 is 0. The summed E-state index contributed by atoms with van der Waals surface area (Å²) in [6, 6.07) is 0.825. The highest BCUT2D eigenvalue weighted by molar-refractivity contribution is 6.35. The van der Waals surface area contributed by atoms with E-state index in [4.69, 9.17) is 28.9 Å². The van der Waals surface area contributed by atoms with Crippen molar-refractivity contribution in [1.82, 2.24) is 4.98 Å². The lowest BCUT2D eigenvalue weighted by molar-refractivity contribution is 0.0968. The number of Topliss-reactive ketones (excluding diaryl/α,β-unsaturated/α-hetero) is 1. The summed E-state index contributed by atoms with van der Waals surface area (Å²) in [6.07, 6.45) is 1.33. The Morgan fingerprint density at radius 3 is 2.77 bits per heavy atom. The van der Waals surface area contributed by atoms with E-state index in [9.17, 15) is 4.79 Å². The minimum absolute atomic E-state index is 0.230. The summed E-state index contributed by atoms with van der Waals surface area (Å²) in [5.74, 6) is -0.241. The van der Waals surface area contributed by atoms with Gasteiger partial charge in [-0.1, -0.05) is 23.2 Å². The van der Waals surface area contributed by atoms with E-state index in [1.54, 1.807) is 6.92 Å². The van der Waals surface area contributed by atoms with Crippen LogP contribution in [-0.2, 0) is 0 Å². The quantitative estimate of drug-likeness (QED) is 0.610. The van der Waals surface area contributed by atoms with E-state index < -0.39 is 6.04 Å². The van der Waals surface area contributed by atoms with Gasteiger partial charge in [-0.2, -0.15) is 0 Å². The molecule has 0 aliphatic rings. The zero-order valence-electron chi connectivity index (χ0n) is 6.92. The molecule has 0 saturated carbocycles. The SMILES string of the molecule is CC(N)C(=O)c1cc(Cl)ncc1Cl. The van der Waals surface area contributed by atoms with E-state index in [2.05, 4.69) is 4.98 Å². The number of nitrogens with zero attached hydrogens (tertiary/aromatic N) is 1. The van der Waals surface area contributed by atoms with E-state index >= 15 is 0 Å². The van der Waals surface area contributed by atoms with Gasteiger partial charge < -0.3 is 5.73 Å². The standard InChI is InChI=1S/C8H8Cl2N2O/c1-4(11)8(13)5-2-7(10)12-3-6(5)9/h2-4H,11H2,1H3. The van der Waals surface area contributed by atoms with E-state index in [0.717, 1.165) is 0 Å². The van der Waals surface area contributed by atoms with Gasteiger partial charge in [-0.05, 0) is 13.0 Å². The Bertz CT molecular complexity index is 339. The van der Waals surface area contributed by atoms with Gasteiger partial charge in [-0.3, -0.25) is 4.79 Å². The van der Waals surface area contributed by atoms with Crippen molar-refractivity contribution in [2.24, 2.45) is 5.73 Å². The van der Waals surface area contributed by atoms with Gasteiger partial charge in [0.25, 0.3) is 0 Å². The predicted molar refractivity (Wildman–Crippen MR) is 52.2 cm³/mol. The second-order valence-electron chi connectivity index (χ2n) is 2.64. The molecule has 0 amide bonds. The number of ketones is 1. The Hall–Kier alpha value is -0.640. The van der Waals surface area contributed by atoms with Crippen molar-refractivity contribution >= 4 is 29.0 Å². The maximum atomic E-state index is 11.4. The van der Waals surface area contributed by atoms with E-state index in [1.807, 2.05) is 0 Å². The summed E-state index contributed by atoms with van der Waals surface area (Å²) in [7, 11) is 0. The molecule has 70 valence electrons. The first-order valence-electron chi connectivity index (χ1n) is 3.63. The molecule has 0 fully saturated rings. The molecule has 13 heavy (non-hydrogen) atoms. The van der Waals surface area contributed by atoms with Crippen LogP contribution >= 0.6 is 23.2 Å². The highest BCUT2D eigenvalue weighted by Gasteiger charge is 2.15. The van der Waals surface area contributed by atoms with Crippen molar-refractivity contribution in [3.05, 3.63) is 28.0 Å². The number of aromatic nitrogens is 1. The number of pyridine rings is 1. The zero-order chi connectivity index (χ0) is 10.0. The summed E-state index contributed by atoms with van der Waals surface area (Å²) in [5, 5.41) is 0.500. The minimum atomic E-state index is -0.587. The van der Waals surface area contributed by atoms with Gasteiger partial charge in [0, 0.05) is 11.8 Å². The molecule has 0 aromatic carbocycles. The van der Waals surface area contributed by atoms with Crippen molar-refractivity contribution < 1.29 is 4.79 Å². The Kier molecular flexibility index (Phi) is 3.25. The molecule has 1 heterocycles. The van der Waals surface area contributed by atoms with E-state index in [1.165, 1.54) is 12.3 Å². The third-order valence-corrected chi connectivity index (χ3v) is 2.01. The second-order valence-corrected chi connectivity index (χ2v) is 3.43. The Balaban J connectivity index is 3.13. The highest BCUT2D eigenvalue weighted by Crippen LogP contribution is 2.19. The monoisotopic (exact) mass is 218 g/mol. The van der Waals surface area contributed by atoms with Gasteiger partial charge in [0.15, 0.2) is 5.78 Å². The second kappa shape index (κ2) is 4.05. The molecule has 1 aromatic heterocycles. The van der Waals surface area contributed by atoms with Crippen LogP contribution in [0.3, 0.4) is 0 Å². The fourth-order valence-corrected chi connectivity index (χ4v) is 1.20. The van der Waals surface area contributed by atoms with Gasteiger partial charge in [0.2, 0.25) is 0 Å². The highest BCUT2D eigenvalue weighted by atomic mass is 35.5. The molecular formula is C8H8Cl2N2O. The van der Waals surface area contributed by atoms with Crippen LogP contribution in [0, 0.1) is 0 Å². The number of nitrogens with two attached hydrogens (primary N) is 1. The largest absolute Gasteiger partial charge is 0.321 e. The summed E-state index contributed by atoms with van der Waals surface area (Å²) in [6.45, 7) is 1.59. The molecule has 2 N–H and O–H groups in total. The van der Waals surface area contributed by atoms with Crippen molar-refractivity contribution in [2.45, 2.75) is 13.0 Å². The Labute approximate surface area is 85.9 Å². The molecule has 0 bridgehead atoms. The van der Waals surface area contributed by atoms with Gasteiger partial charge in [0.1, 0.15) is 5.15 Å². The van der Waals surface area contributed by atoms with Crippen LogP contribution in [0.2, 0.25) is 10.2 Å². The Morgan fingerprint density at radius 2 is 2.23 bits per heavy atom. The third kappa shape index (κ3) is 2.40. The number of halogens is 2.